The van der Waals surface area contributed by atoms with Gasteiger partial charge in [-0.05, 0) is 25.0 Å². The molecule has 1 aliphatic heterocycles. The zero-order valence-corrected chi connectivity index (χ0v) is 11.8. The van der Waals surface area contributed by atoms with Gasteiger partial charge in [0, 0.05) is 25.2 Å². The summed E-state index contributed by atoms with van der Waals surface area (Å²) in [6.07, 6.45) is 1.72. The molecule has 0 aromatic heterocycles. The van der Waals surface area contributed by atoms with Gasteiger partial charge in [-0.3, -0.25) is 9.69 Å². The maximum Gasteiger partial charge on any atom is 0.238 e. The van der Waals surface area contributed by atoms with Crippen LogP contribution in [-0.4, -0.2) is 36.5 Å². The Morgan fingerprint density at radius 2 is 2.00 bits per heavy atom. The van der Waals surface area contributed by atoms with Gasteiger partial charge in [0.2, 0.25) is 5.91 Å². The van der Waals surface area contributed by atoms with Crippen LogP contribution in [0, 0.1) is 11.6 Å². The minimum atomic E-state index is -0.769. The summed E-state index contributed by atoms with van der Waals surface area (Å²) in [5.41, 5.74) is 5.77. The normalized spacial score (nSPS) is 16.6. The highest BCUT2D eigenvalue weighted by Crippen LogP contribution is 2.15. The Morgan fingerprint density at radius 1 is 1.35 bits per heavy atom. The fourth-order valence-corrected chi connectivity index (χ4v) is 2.09. The summed E-state index contributed by atoms with van der Waals surface area (Å²) < 4.78 is 26.1. The predicted octanol–water partition coefficient (Wildman–Crippen LogP) is 1.75. The summed E-state index contributed by atoms with van der Waals surface area (Å²) in [6.45, 7) is 1.73. The summed E-state index contributed by atoms with van der Waals surface area (Å²) in [6, 6.07) is 3.27. The molecule has 20 heavy (non-hydrogen) atoms. The van der Waals surface area contributed by atoms with Crippen molar-refractivity contribution < 1.29 is 13.6 Å². The van der Waals surface area contributed by atoms with E-state index in [2.05, 4.69) is 5.32 Å². The largest absolute Gasteiger partial charge is 0.328 e. The number of hydrogen-bond acceptors (Lipinski definition) is 3. The molecule has 1 fully saturated rings. The molecule has 4 nitrogen and oxygen atoms in total. The van der Waals surface area contributed by atoms with E-state index in [1.54, 1.807) is 0 Å². The molecule has 0 aliphatic carbocycles. The van der Waals surface area contributed by atoms with E-state index in [0.717, 1.165) is 38.1 Å². The van der Waals surface area contributed by atoms with Crippen molar-refractivity contribution in [3.63, 3.8) is 0 Å². The van der Waals surface area contributed by atoms with Crippen LogP contribution in [0.4, 0.5) is 14.5 Å². The van der Waals surface area contributed by atoms with E-state index in [0.29, 0.717) is 0 Å². The number of likely N-dealkylation sites (tertiary alicyclic amines) is 1. The van der Waals surface area contributed by atoms with Gasteiger partial charge in [-0.15, -0.1) is 12.4 Å². The molecule has 3 N–H and O–H groups in total. The SMILES string of the molecule is Cl.NC1CCN(CC(=O)Nc2ccc(F)cc2F)CC1. The quantitative estimate of drug-likeness (QED) is 0.894. The van der Waals surface area contributed by atoms with E-state index in [1.807, 2.05) is 4.90 Å². The number of rotatable bonds is 3. The van der Waals surface area contributed by atoms with Gasteiger partial charge in [0.1, 0.15) is 11.6 Å². The molecule has 0 atom stereocenters. The molecule has 7 heteroatoms. The Labute approximate surface area is 122 Å². The highest BCUT2D eigenvalue weighted by Gasteiger charge is 2.18. The lowest BCUT2D eigenvalue weighted by atomic mass is 10.1. The van der Waals surface area contributed by atoms with Gasteiger partial charge in [-0.2, -0.15) is 0 Å². The third kappa shape index (κ3) is 4.70. The van der Waals surface area contributed by atoms with E-state index in [-0.39, 0.29) is 36.6 Å². The van der Waals surface area contributed by atoms with Crippen LogP contribution >= 0.6 is 12.4 Å². The lowest BCUT2D eigenvalue weighted by molar-refractivity contribution is -0.117. The first-order valence-corrected chi connectivity index (χ1v) is 6.27. The van der Waals surface area contributed by atoms with Crippen molar-refractivity contribution in [1.82, 2.24) is 4.90 Å². The molecule has 1 aromatic rings. The molecule has 112 valence electrons. The monoisotopic (exact) mass is 305 g/mol. The van der Waals surface area contributed by atoms with Gasteiger partial charge in [-0.1, -0.05) is 0 Å². The Morgan fingerprint density at radius 3 is 2.60 bits per heavy atom. The van der Waals surface area contributed by atoms with Crippen molar-refractivity contribution in [2.24, 2.45) is 5.73 Å². The molecule has 0 bridgehead atoms. The van der Waals surface area contributed by atoms with E-state index >= 15 is 0 Å². The second-order valence-electron chi connectivity index (χ2n) is 4.79. The third-order valence-electron chi connectivity index (χ3n) is 3.20. The molecule has 1 saturated heterocycles. The molecule has 0 unspecified atom stereocenters. The molecule has 1 amide bonds. The lowest BCUT2D eigenvalue weighted by Gasteiger charge is -2.29. The number of hydrogen-bond donors (Lipinski definition) is 2. The van der Waals surface area contributed by atoms with Crippen molar-refractivity contribution in [3.05, 3.63) is 29.8 Å². The van der Waals surface area contributed by atoms with Crippen LogP contribution in [0.15, 0.2) is 18.2 Å². The van der Waals surface area contributed by atoms with Gasteiger partial charge in [0.05, 0.1) is 12.2 Å². The van der Waals surface area contributed by atoms with Gasteiger partial charge in [0.15, 0.2) is 0 Å². The number of amides is 1. The zero-order chi connectivity index (χ0) is 13.8. The maximum absolute atomic E-state index is 13.4. The second-order valence-corrected chi connectivity index (χ2v) is 4.79. The molecular formula is C13H18ClF2N3O. The van der Waals surface area contributed by atoms with Crippen molar-refractivity contribution >= 4 is 24.0 Å². The Bertz CT molecular complexity index is 465. The fraction of sp³-hybridized carbons (Fsp3) is 0.462. The maximum atomic E-state index is 13.4. The number of halogens is 3. The smallest absolute Gasteiger partial charge is 0.238 e. The molecule has 0 spiro atoms. The van der Waals surface area contributed by atoms with Crippen molar-refractivity contribution in [2.75, 3.05) is 25.0 Å². The van der Waals surface area contributed by atoms with Gasteiger partial charge >= 0.3 is 0 Å². The van der Waals surface area contributed by atoms with Crippen LogP contribution in [0.5, 0.6) is 0 Å². The summed E-state index contributed by atoms with van der Waals surface area (Å²) >= 11 is 0. The van der Waals surface area contributed by atoms with Crippen LogP contribution in [0.25, 0.3) is 0 Å². The van der Waals surface area contributed by atoms with E-state index in [1.165, 1.54) is 6.07 Å². The standard InChI is InChI=1S/C13H17F2N3O.ClH/c14-9-1-2-12(11(15)7-9)17-13(19)8-18-5-3-10(16)4-6-18;/h1-2,7,10H,3-6,8,16H2,(H,17,19);1H. The number of nitrogens with two attached hydrogens (primary N) is 1. The highest BCUT2D eigenvalue weighted by molar-refractivity contribution is 5.92. The second kappa shape index (κ2) is 7.52. The fourth-order valence-electron chi connectivity index (χ4n) is 2.09. The first-order valence-electron chi connectivity index (χ1n) is 6.27. The first-order chi connectivity index (χ1) is 9.04. The third-order valence-corrected chi connectivity index (χ3v) is 3.20. The topological polar surface area (TPSA) is 58.4 Å². The van der Waals surface area contributed by atoms with Crippen LogP contribution in [0.3, 0.4) is 0 Å². The minimum absolute atomic E-state index is 0. The van der Waals surface area contributed by atoms with Crippen LogP contribution < -0.4 is 11.1 Å². The number of anilines is 1. The lowest BCUT2D eigenvalue weighted by Crippen LogP contribution is -2.43. The molecule has 0 radical (unpaired) electrons. The number of carbonyl (C=O) groups is 1. The molecule has 0 saturated carbocycles. The zero-order valence-electron chi connectivity index (χ0n) is 10.9. The number of carbonyl (C=O) groups excluding carboxylic acids is 1. The highest BCUT2D eigenvalue weighted by atomic mass is 35.5. The van der Waals surface area contributed by atoms with Crippen LogP contribution in [-0.2, 0) is 4.79 Å². The molecule has 1 aromatic carbocycles. The Hall–Kier alpha value is -1.24. The summed E-state index contributed by atoms with van der Waals surface area (Å²) in [7, 11) is 0. The summed E-state index contributed by atoms with van der Waals surface area (Å²) in [5, 5.41) is 2.44. The van der Waals surface area contributed by atoms with Gasteiger partial charge in [0.25, 0.3) is 0 Å². The minimum Gasteiger partial charge on any atom is -0.328 e. The van der Waals surface area contributed by atoms with Crippen molar-refractivity contribution in [3.8, 4) is 0 Å². The van der Waals surface area contributed by atoms with Gasteiger partial charge < -0.3 is 11.1 Å². The average Bonchev–Trinajstić information content (AvgIpc) is 2.36. The van der Waals surface area contributed by atoms with Gasteiger partial charge in [-0.25, -0.2) is 8.78 Å². The average molecular weight is 306 g/mol. The van der Waals surface area contributed by atoms with Crippen LogP contribution in [0.2, 0.25) is 0 Å². The summed E-state index contributed by atoms with van der Waals surface area (Å²) in [4.78, 5) is 13.7. The molecule has 1 aliphatic rings. The molecular weight excluding hydrogens is 288 g/mol. The Balaban J connectivity index is 0.00000200. The van der Waals surface area contributed by atoms with Crippen molar-refractivity contribution in [1.29, 1.82) is 0 Å². The molecule has 1 heterocycles. The van der Waals surface area contributed by atoms with Crippen molar-refractivity contribution in [2.45, 2.75) is 18.9 Å². The van der Waals surface area contributed by atoms with E-state index in [4.69, 9.17) is 5.73 Å². The Kier molecular flexibility index (Phi) is 6.32. The number of nitrogens with one attached hydrogen (secondary N) is 1. The predicted molar refractivity (Wildman–Crippen MR) is 75.9 cm³/mol. The first kappa shape index (κ1) is 16.8. The van der Waals surface area contributed by atoms with E-state index in [9.17, 15) is 13.6 Å². The van der Waals surface area contributed by atoms with Crippen LogP contribution in [0.1, 0.15) is 12.8 Å². The van der Waals surface area contributed by atoms with E-state index < -0.39 is 11.6 Å². The number of piperidine rings is 1. The summed E-state index contributed by atoms with van der Waals surface area (Å²) in [5.74, 6) is -1.74. The molecule has 2 rings (SSSR count). The number of nitrogens with zero attached hydrogens (tertiary/aromatic N) is 1. The number of benzene rings is 1.